The van der Waals surface area contributed by atoms with E-state index in [0.717, 1.165) is 37.1 Å². The molecule has 31 heavy (non-hydrogen) atoms. The Labute approximate surface area is 184 Å². The lowest BCUT2D eigenvalue weighted by atomic mass is 10.0. The van der Waals surface area contributed by atoms with Gasteiger partial charge in [0.1, 0.15) is 11.3 Å². The molecule has 0 aliphatic carbocycles. The highest BCUT2D eigenvalue weighted by molar-refractivity contribution is 6.04. The van der Waals surface area contributed by atoms with Gasteiger partial charge in [-0.25, -0.2) is 9.97 Å². The molecule has 164 valence electrons. The Kier molecular flexibility index (Phi) is 7.82. The van der Waals surface area contributed by atoms with Crippen LogP contribution in [-0.4, -0.2) is 33.4 Å². The van der Waals surface area contributed by atoms with Crippen LogP contribution < -0.4 is 10.6 Å². The number of hydrogen-bond acceptors (Lipinski definition) is 4. The molecule has 0 radical (unpaired) electrons. The second kappa shape index (κ2) is 10.8. The number of carbonyl (C=O) groups excluding carboxylic acids is 1. The molecule has 3 rings (SSSR count). The zero-order chi connectivity index (χ0) is 22.2. The van der Waals surface area contributed by atoms with Gasteiger partial charge < -0.3 is 15.6 Å². The van der Waals surface area contributed by atoms with Crippen LogP contribution in [0.5, 0.6) is 0 Å². The van der Waals surface area contributed by atoms with E-state index in [4.69, 9.17) is 4.98 Å². The highest BCUT2D eigenvalue weighted by Crippen LogP contribution is 2.23. The van der Waals surface area contributed by atoms with Crippen LogP contribution in [-0.2, 0) is 0 Å². The van der Waals surface area contributed by atoms with Gasteiger partial charge in [0.25, 0.3) is 5.91 Å². The minimum Gasteiger partial charge on any atom is -0.385 e. The van der Waals surface area contributed by atoms with Crippen LogP contribution in [0.4, 0.5) is 5.69 Å². The smallest absolute Gasteiger partial charge is 0.253 e. The lowest BCUT2D eigenvalue weighted by Gasteiger charge is -2.15. The van der Waals surface area contributed by atoms with E-state index in [0.29, 0.717) is 28.5 Å². The first kappa shape index (κ1) is 22.5. The fourth-order valence-corrected chi connectivity index (χ4v) is 3.40. The molecule has 3 N–H and O–H groups in total. The number of anilines is 1. The van der Waals surface area contributed by atoms with Gasteiger partial charge in [-0.1, -0.05) is 26.0 Å². The fraction of sp³-hybridized carbons (Fsp3) is 0.400. The van der Waals surface area contributed by atoms with Crippen LogP contribution >= 0.6 is 0 Å². The Bertz CT molecular complexity index is 1020. The summed E-state index contributed by atoms with van der Waals surface area (Å²) in [6.07, 6.45) is 8.88. The molecule has 2 aromatic heterocycles. The molecule has 0 saturated heterocycles. The van der Waals surface area contributed by atoms with Crippen LogP contribution in [0.25, 0.3) is 22.6 Å². The van der Waals surface area contributed by atoms with Crippen molar-refractivity contribution in [2.45, 2.75) is 53.0 Å². The number of aromatic nitrogens is 3. The molecule has 0 saturated carbocycles. The Morgan fingerprint density at radius 1 is 1.13 bits per heavy atom. The SMILES string of the molecule is C/C=C\CCNc1ccc(-c2nc3c(C(=O)NC(C)CCC(C)C)ccnc3[nH]2)cc1. The van der Waals surface area contributed by atoms with Crippen LogP contribution in [0.3, 0.4) is 0 Å². The average Bonchev–Trinajstić information content (AvgIpc) is 3.20. The Morgan fingerprint density at radius 3 is 2.61 bits per heavy atom. The van der Waals surface area contributed by atoms with Crippen molar-refractivity contribution in [2.75, 3.05) is 11.9 Å². The molecule has 6 heteroatoms. The number of nitrogens with one attached hydrogen (secondary N) is 3. The number of fused-ring (bicyclic) bond motifs is 1. The van der Waals surface area contributed by atoms with Gasteiger partial charge in [0.15, 0.2) is 5.65 Å². The summed E-state index contributed by atoms with van der Waals surface area (Å²) in [6.45, 7) is 9.35. The standard InChI is InChI=1S/C25H33N5O/c1-5-6-7-15-26-20-12-10-19(11-13-20)23-29-22-21(14-16-27-24(22)30-23)25(31)28-18(4)9-8-17(2)3/h5-6,10-14,16-18,26H,7-9,15H2,1-4H3,(H,28,31)(H,27,29,30)/b6-5-. The van der Waals surface area contributed by atoms with Crippen LogP contribution in [0.15, 0.2) is 48.7 Å². The second-order valence-corrected chi connectivity index (χ2v) is 8.35. The van der Waals surface area contributed by atoms with Gasteiger partial charge in [-0.05, 0) is 69.4 Å². The third-order valence-electron chi connectivity index (χ3n) is 5.22. The normalized spacial score (nSPS) is 12.5. The van der Waals surface area contributed by atoms with Crippen molar-refractivity contribution in [2.24, 2.45) is 5.92 Å². The zero-order valence-corrected chi connectivity index (χ0v) is 18.9. The molecule has 0 aliphatic rings. The summed E-state index contributed by atoms with van der Waals surface area (Å²) < 4.78 is 0. The first-order valence-corrected chi connectivity index (χ1v) is 11.1. The summed E-state index contributed by atoms with van der Waals surface area (Å²) in [5.74, 6) is 1.22. The number of rotatable bonds is 10. The van der Waals surface area contributed by atoms with E-state index in [-0.39, 0.29) is 11.9 Å². The summed E-state index contributed by atoms with van der Waals surface area (Å²) in [5, 5.41) is 6.49. The molecule has 6 nitrogen and oxygen atoms in total. The third-order valence-corrected chi connectivity index (χ3v) is 5.22. The number of nitrogens with zero attached hydrogens (tertiary/aromatic N) is 2. The number of carbonyl (C=O) groups is 1. The highest BCUT2D eigenvalue weighted by atomic mass is 16.1. The zero-order valence-electron chi connectivity index (χ0n) is 18.9. The quantitative estimate of drug-likeness (QED) is 0.297. The van der Waals surface area contributed by atoms with Crippen molar-refractivity contribution >= 4 is 22.8 Å². The minimum atomic E-state index is -0.109. The van der Waals surface area contributed by atoms with Gasteiger partial charge in [0.2, 0.25) is 0 Å². The fourth-order valence-electron chi connectivity index (χ4n) is 3.40. The predicted molar refractivity (Wildman–Crippen MR) is 128 cm³/mol. The summed E-state index contributed by atoms with van der Waals surface area (Å²) in [6, 6.07) is 9.96. The maximum atomic E-state index is 12.8. The molecular weight excluding hydrogens is 386 g/mol. The number of H-pyrrole nitrogens is 1. The van der Waals surface area contributed by atoms with E-state index in [1.54, 1.807) is 12.3 Å². The topological polar surface area (TPSA) is 82.7 Å². The molecule has 0 fully saturated rings. The lowest BCUT2D eigenvalue weighted by Crippen LogP contribution is -2.32. The molecule has 1 atom stereocenters. The molecule has 2 heterocycles. The monoisotopic (exact) mass is 419 g/mol. The van der Waals surface area contributed by atoms with Crippen molar-refractivity contribution in [3.63, 3.8) is 0 Å². The largest absolute Gasteiger partial charge is 0.385 e. The van der Waals surface area contributed by atoms with Crippen molar-refractivity contribution < 1.29 is 4.79 Å². The van der Waals surface area contributed by atoms with E-state index < -0.39 is 0 Å². The minimum absolute atomic E-state index is 0.109. The third kappa shape index (κ3) is 6.17. The first-order valence-electron chi connectivity index (χ1n) is 11.1. The van der Waals surface area contributed by atoms with Gasteiger partial charge >= 0.3 is 0 Å². The van der Waals surface area contributed by atoms with Crippen molar-refractivity contribution in [1.29, 1.82) is 0 Å². The summed E-state index contributed by atoms with van der Waals surface area (Å²) in [4.78, 5) is 25.2. The maximum absolute atomic E-state index is 12.8. The number of aromatic amines is 1. The van der Waals surface area contributed by atoms with E-state index in [2.05, 4.69) is 46.6 Å². The Balaban J connectivity index is 1.73. The Morgan fingerprint density at radius 2 is 1.90 bits per heavy atom. The van der Waals surface area contributed by atoms with Gasteiger partial charge in [0, 0.05) is 30.0 Å². The van der Waals surface area contributed by atoms with Gasteiger partial charge in [0.05, 0.1) is 5.56 Å². The van der Waals surface area contributed by atoms with Crippen molar-refractivity contribution in [3.05, 3.63) is 54.2 Å². The molecule has 1 amide bonds. The number of amides is 1. The number of pyridine rings is 1. The van der Waals surface area contributed by atoms with Crippen molar-refractivity contribution in [1.82, 2.24) is 20.3 Å². The van der Waals surface area contributed by atoms with Crippen LogP contribution in [0, 0.1) is 5.92 Å². The van der Waals surface area contributed by atoms with E-state index in [9.17, 15) is 4.79 Å². The Hall–Kier alpha value is -3.15. The number of allylic oxidation sites excluding steroid dienone is 1. The van der Waals surface area contributed by atoms with Gasteiger partial charge in [-0.3, -0.25) is 4.79 Å². The van der Waals surface area contributed by atoms with Crippen LogP contribution in [0.2, 0.25) is 0 Å². The van der Waals surface area contributed by atoms with E-state index in [1.165, 1.54) is 0 Å². The van der Waals surface area contributed by atoms with Crippen LogP contribution in [0.1, 0.15) is 57.3 Å². The number of benzene rings is 1. The van der Waals surface area contributed by atoms with Crippen molar-refractivity contribution in [3.8, 4) is 11.4 Å². The summed E-state index contributed by atoms with van der Waals surface area (Å²) >= 11 is 0. The molecule has 1 unspecified atom stereocenters. The van der Waals surface area contributed by atoms with Gasteiger partial charge in [-0.2, -0.15) is 0 Å². The van der Waals surface area contributed by atoms with E-state index >= 15 is 0 Å². The molecule has 1 aromatic carbocycles. The first-order chi connectivity index (χ1) is 15.0. The molecule has 0 bridgehead atoms. The molecule has 0 aliphatic heterocycles. The summed E-state index contributed by atoms with van der Waals surface area (Å²) in [7, 11) is 0. The molecular formula is C25H33N5O. The predicted octanol–water partition coefficient (Wildman–Crippen LogP) is 5.56. The molecule has 0 spiro atoms. The maximum Gasteiger partial charge on any atom is 0.253 e. The van der Waals surface area contributed by atoms with E-state index in [1.807, 2.05) is 38.1 Å². The number of imidazole rings is 1. The second-order valence-electron chi connectivity index (χ2n) is 8.35. The van der Waals surface area contributed by atoms with Gasteiger partial charge in [-0.15, -0.1) is 0 Å². The molecule has 3 aromatic rings. The lowest BCUT2D eigenvalue weighted by molar-refractivity contribution is 0.0938. The number of hydrogen-bond donors (Lipinski definition) is 3. The highest BCUT2D eigenvalue weighted by Gasteiger charge is 2.17. The summed E-state index contributed by atoms with van der Waals surface area (Å²) in [5.41, 5.74) is 3.78. The average molecular weight is 420 g/mol.